The molecule has 2 aromatic heterocycles. The highest BCUT2D eigenvalue weighted by Gasteiger charge is 2.32. The van der Waals surface area contributed by atoms with Crippen molar-refractivity contribution < 1.29 is 9.53 Å². The van der Waals surface area contributed by atoms with E-state index in [4.69, 9.17) is 21.3 Å². The maximum atomic E-state index is 13.0. The average Bonchev–Trinajstić information content (AvgIpc) is 3.26. The van der Waals surface area contributed by atoms with Crippen molar-refractivity contribution in [3.63, 3.8) is 0 Å². The van der Waals surface area contributed by atoms with E-state index in [0.29, 0.717) is 24.0 Å². The van der Waals surface area contributed by atoms with Crippen molar-refractivity contribution in [1.82, 2.24) is 20.1 Å². The summed E-state index contributed by atoms with van der Waals surface area (Å²) < 4.78 is 7.80. The number of amides is 1. The third-order valence-electron chi connectivity index (χ3n) is 6.32. The molecule has 7 nitrogen and oxygen atoms in total. The number of halogens is 1. The van der Waals surface area contributed by atoms with Gasteiger partial charge in [-0.05, 0) is 65.7 Å². The van der Waals surface area contributed by atoms with Gasteiger partial charge >= 0.3 is 0 Å². The molecule has 1 aliphatic heterocycles. The number of fused-ring (bicyclic) bond motifs is 3. The second-order valence-electron chi connectivity index (χ2n) is 9.40. The first-order valence-corrected chi connectivity index (χ1v) is 13.1. The van der Waals surface area contributed by atoms with Crippen molar-refractivity contribution >= 4 is 34.6 Å². The Hall–Kier alpha value is -2.55. The quantitative estimate of drug-likeness (QED) is 0.430. The van der Waals surface area contributed by atoms with Gasteiger partial charge in [-0.3, -0.25) is 14.4 Å². The summed E-state index contributed by atoms with van der Waals surface area (Å²) in [6, 6.07) is 7.21. The zero-order valence-corrected chi connectivity index (χ0v) is 22.7. The van der Waals surface area contributed by atoms with E-state index >= 15 is 0 Å². The second-order valence-corrected chi connectivity index (χ2v) is 11.0. The number of rotatable bonds is 8. The van der Waals surface area contributed by atoms with Crippen LogP contribution in [0.4, 0.5) is 0 Å². The Kier molecular flexibility index (Phi) is 7.45. The van der Waals surface area contributed by atoms with E-state index in [1.807, 2.05) is 52.0 Å². The summed E-state index contributed by atoms with van der Waals surface area (Å²) in [6.07, 6.45) is 0.902. The molecule has 0 radical (unpaired) electrons. The predicted octanol–water partition coefficient (Wildman–Crippen LogP) is 5.51. The molecule has 0 bridgehead atoms. The molecular formula is C26H32ClN5O2S. The number of aliphatic imine (C=N–C) groups is 1. The molecule has 1 N–H and O–H groups in total. The number of thiophene rings is 1. The Balaban J connectivity index is 1.70. The van der Waals surface area contributed by atoms with Crippen molar-refractivity contribution in [1.29, 1.82) is 0 Å². The molecule has 0 spiro atoms. The van der Waals surface area contributed by atoms with Crippen LogP contribution in [0, 0.1) is 20.8 Å². The maximum absolute atomic E-state index is 13.0. The van der Waals surface area contributed by atoms with Crippen molar-refractivity contribution in [2.75, 3.05) is 13.2 Å². The highest BCUT2D eigenvalue weighted by atomic mass is 35.5. The summed E-state index contributed by atoms with van der Waals surface area (Å²) >= 11 is 7.87. The SMILES string of the molecule is CCOC(C)(C)CCNC(=O)C[C@@H]1N=C(c2ccc(Cl)cc2)c2c(sc(C)c2C)-n2c(C)nnc21. The summed E-state index contributed by atoms with van der Waals surface area (Å²) in [5, 5.41) is 13.6. The van der Waals surface area contributed by atoms with Gasteiger partial charge in [-0.25, -0.2) is 0 Å². The number of benzene rings is 1. The molecule has 186 valence electrons. The molecule has 0 fully saturated rings. The van der Waals surface area contributed by atoms with Crippen LogP contribution in [-0.4, -0.2) is 45.1 Å². The Labute approximate surface area is 215 Å². The monoisotopic (exact) mass is 513 g/mol. The molecule has 1 atom stereocenters. The van der Waals surface area contributed by atoms with E-state index in [9.17, 15) is 4.79 Å². The van der Waals surface area contributed by atoms with E-state index in [1.165, 1.54) is 10.4 Å². The van der Waals surface area contributed by atoms with Crippen LogP contribution in [0.2, 0.25) is 5.02 Å². The Bertz CT molecular complexity index is 1260. The number of nitrogens with zero attached hydrogens (tertiary/aromatic N) is 4. The fraction of sp³-hybridized carbons (Fsp3) is 0.462. The van der Waals surface area contributed by atoms with Gasteiger partial charge < -0.3 is 10.1 Å². The Morgan fingerprint density at radius 1 is 1.20 bits per heavy atom. The topological polar surface area (TPSA) is 81.4 Å². The van der Waals surface area contributed by atoms with Gasteiger partial charge in [0.1, 0.15) is 16.9 Å². The van der Waals surface area contributed by atoms with Gasteiger partial charge in [0.25, 0.3) is 0 Å². The van der Waals surface area contributed by atoms with Crippen LogP contribution < -0.4 is 5.32 Å². The second kappa shape index (κ2) is 10.2. The smallest absolute Gasteiger partial charge is 0.222 e. The fourth-order valence-corrected chi connectivity index (χ4v) is 5.69. The molecule has 3 aromatic rings. The number of aromatic nitrogens is 3. The lowest BCUT2D eigenvalue weighted by Crippen LogP contribution is -2.33. The minimum atomic E-state index is -0.471. The fourth-order valence-electron chi connectivity index (χ4n) is 4.35. The van der Waals surface area contributed by atoms with E-state index < -0.39 is 6.04 Å². The number of nitrogens with one attached hydrogen (secondary N) is 1. The zero-order valence-electron chi connectivity index (χ0n) is 21.1. The molecule has 0 saturated heterocycles. The average molecular weight is 514 g/mol. The Morgan fingerprint density at radius 2 is 1.91 bits per heavy atom. The largest absolute Gasteiger partial charge is 0.376 e. The molecule has 1 aromatic carbocycles. The molecule has 0 aliphatic carbocycles. The van der Waals surface area contributed by atoms with E-state index in [1.54, 1.807) is 11.3 Å². The maximum Gasteiger partial charge on any atom is 0.222 e. The molecule has 1 amide bonds. The summed E-state index contributed by atoms with van der Waals surface area (Å²) in [5.41, 5.74) is 3.74. The lowest BCUT2D eigenvalue weighted by Gasteiger charge is -2.24. The molecule has 1 aliphatic rings. The van der Waals surface area contributed by atoms with Crippen molar-refractivity contribution in [3.05, 3.63) is 62.5 Å². The number of carbonyl (C=O) groups is 1. The summed E-state index contributed by atoms with van der Waals surface area (Å²) in [6.45, 7) is 13.4. The van der Waals surface area contributed by atoms with Crippen LogP contribution >= 0.6 is 22.9 Å². The van der Waals surface area contributed by atoms with Crippen LogP contribution in [0.5, 0.6) is 0 Å². The Morgan fingerprint density at radius 3 is 2.60 bits per heavy atom. The van der Waals surface area contributed by atoms with Crippen LogP contribution in [0.25, 0.3) is 5.00 Å². The van der Waals surface area contributed by atoms with E-state index in [2.05, 4.69) is 33.9 Å². The summed E-state index contributed by atoms with van der Waals surface area (Å²) in [5.74, 6) is 1.38. The van der Waals surface area contributed by atoms with Crippen molar-refractivity contribution in [3.8, 4) is 5.00 Å². The first-order chi connectivity index (χ1) is 16.6. The number of ether oxygens (including phenoxy) is 1. The molecule has 0 unspecified atom stereocenters. The minimum absolute atomic E-state index is 0.0770. The van der Waals surface area contributed by atoms with Gasteiger partial charge in [0.2, 0.25) is 5.91 Å². The van der Waals surface area contributed by atoms with E-state index in [-0.39, 0.29) is 17.9 Å². The van der Waals surface area contributed by atoms with Gasteiger partial charge in [-0.2, -0.15) is 0 Å². The summed E-state index contributed by atoms with van der Waals surface area (Å²) in [4.78, 5) is 19.4. The van der Waals surface area contributed by atoms with Gasteiger partial charge in [0, 0.05) is 34.2 Å². The van der Waals surface area contributed by atoms with Crippen LogP contribution in [-0.2, 0) is 9.53 Å². The number of hydrogen-bond donors (Lipinski definition) is 1. The number of hydrogen-bond acceptors (Lipinski definition) is 6. The third kappa shape index (κ3) is 5.34. The van der Waals surface area contributed by atoms with E-state index in [0.717, 1.165) is 34.1 Å². The molecule has 9 heteroatoms. The van der Waals surface area contributed by atoms with Gasteiger partial charge in [0.15, 0.2) is 5.82 Å². The molecular weight excluding hydrogens is 482 g/mol. The van der Waals surface area contributed by atoms with Crippen LogP contribution in [0.3, 0.4) is 0 Å². The highest BCUT2D eigenvalue weighted by Crippen LogP contribution is 2.39. The van der Waals surface area contributed by atoms with Crippen LogP contribution in [0.1, 0.15) is 72.9 Å². The number of aryl methyl sites for hydroxylation is 2. The van der Waals surface area contributed by atoms with Gasteiger partial charge in [0.05, 0.1) is 17.7 Å². The number of carbonyl (C=O) groups excluding carboxylic acids is 1. The molecule has 3 heterocycles. The standard InChI is InChI=1S/C26H32ClN5O2S/c1-7-34-26(5,6)12-13-28-21(33)14-20-24-31-30-17(4)32(24)25-22(15(2)16(3)35-25)23(29-20)18-8-10-19(27)11-9-18/h8-11,20H,7,12-14H2,1-6H3,(H,28,33)/t20-/m0/s1. The molecule has 4 rings (SSSR count). The third-order valence-corrected chi connectivity index (χ3v) is 7.76. The lowest BCUT2D eigenvalue weighted by atomic mass is 9.99. The van der Waals surface area contributed by atoms with Crippen LogP contribution in [0.15, 0.2) is 29.3 Å². The molecule has 35 heavy (non-hydrogen) atoms. The lowest BCUT2D eigenvalue weighted by molar-refractivity contribution is -0.121. The van der Waals surface area contributed by atoms with Crippen molar-refractivity contribution in [2.24, 2.45) is 4.99 Å². The minimum Gasteiger partial charge on any atom is -0.376 e. The van der Waals surface area contributed by atoms with Gasteiger partial charge in [-0.15, -0.1) is 21.5 Å². The first-order valence-electron chi connectivity index (χ1n) is 11.9. The molecule has 0 saturated carbocycles. The van der Waals surface area contributed by atoms with Gasteiger partial charge in [-0.1, -0.05) is 23.7 Å². The van der Waals surface area contributed by atoms with Crippen molar-refractivity contribution in [2.45, 2.75) is 66.0 Å². The zero-order chi connectivity index (χ0) is 25.3. The summed E-state index contributed by atoms with van der Waals surface area (Å²) in [7, 11) is 0. The first kappa shape index (κ1) is 25.5. The predicted molar refractivity (Wildman–Crippen MR) is 141 cm³/mol. The normalized spacial score (nSPS) is 15.3. The highest BCUT2D eigenvalue weighted by molar-refractivity contribution is 7.15.